The molecule has 21 heavy (non-hydrogen) atoms. The van der Waals surface area contributed by atoms with Crippen molar-refractivity contribution >= 4 is 62.3 Å². The van der Waals surface area contributed by atoms with Crippen LogP contribution in [0.1, 0.15) is 25.7 Å². The van der Waals surface area contributed by atoms with Crippen molar-refractivity contribution in [2.24, 2.45) is 5.92 Å². The molecule has 1 aromatic carbocycles. The van der Waals surface area contributed by atoms with Crippen molar-refractivity contribution in [1.82, 2.24) is 0 Å². The van der Waals surface area contributed by atoms with E-state index < -0.39 is 27.0 Å². The average Bonchev–Trinajstić information content (AvgIpc) is 2.56. The minimum atomic E-state index is -1.53. The lowest BCUT2D eigenvalue weighted by Gasteiger charge is -2.35. The Kier molecular flexibility index (Phi) is 3.97. The second-order valence-electron chi connectivity index (χ2n) is 5.48. The molecular formula is C14H12BrCl3FNO. The first kappa shape index (κ1) is 15.9. The molecule has 1 saturated carbocycles. The summed E-state index contributed by atoms with van der Waals surface area (Å²) in [5, 5.41) is 0. The Labute approximate surface area is 145 Å². The van der Waals surface area contributed by atoms with Crippen molar-refractivity contribution in [1.29, 1.82) is 0 Å². The molecule has 1 aliphatic carbocycles. The van der Waals surface area contributed by atoms with Gasteiger partial charge in [-0.1, -0.05) is 52.0 Å². The molecule has 1 aliphatic heterocycles. The fraction of sp³-hybridized carbons (Fsp3) is 0.500. The molecule has 0 aromatic heterocycles. The molecule has 0 bridgehead atoms. The van der Waals surface area contributed by atoms with Gasteiger partial charge in [-0.05, 0) is 31.0 Å². The van der Waals surface area contributed by atoms with Crippen molar-refractivity contribution < 1.29 is 9.18 Å². The molecule has 1 aromatic rings. The van der Waals surface area contributed by atoms with E-state index in [1.807, 2.05) is 0 Å². The molecule has 2 atom stereocenters. The molecular weight excluding hydrogens is 403 g/mol. The first-order valence-corrected chi connectivity index (χ1v) is 8.57. The van der Waals surface area contributed by atoms with Crippen LogP contribution in [0.5, 0.6) is 0 Å². The van der Waals surface area contributed by atoms with Crippen molar-refractivity contribution in [2.75, 3.05) is 4.90 Å². The highest BCUT2D eigenvalue weighted by atomic mass is 79.9. The van der Waals surface area contributed by atoms with Crippen LogP contribution in [0, 0.1) is 11.7 Å². The summed E-state index contributed by atoms with van der Waals surface area (Å²) in [7, 11) is 0. The van der Waals surface area contributed by atoms with Crippen molar-refractivity contribution in [3.8, 4) is 0 Å². The van der Waals surface area contributed by atoms with Gasteiger partial charge in [0, 0.05) is 10.4 Å². The molecule has 0 spiro atoms. The van der Waals surface area contributed by atoms with E-state index in [0.717, 1.165) is 17.7 Å². The summed E-state index contributed by atoms with van der Waals surface area (Å²) >= 11 is 22.6. The molecule has 1 heterocycles. The number of amides is 1. The third-order valence-electron chi connectivity index (χ3n) is 4.26. The number of halogens is 5. The lowest BCUT2D eigenvalue weighted by Crippen LogP contribution is -2.40. The van der Waals surface area contributed by atoms with Gasteiger partial charge < -0.3 is 0 Å². The minimum absolute atomic E-state index is 0.0580. The summed E-state index contributed by atoms with van der Waals surface area (Å²) < 4.78 is 13.3. The largest absolute Gasteiger partial charge is 0.275 e. The first-order chi connectivity index (χ1) is 9.78. The fourth-order valence-corrected chi connectivity index (χ4v) is 5.10. The van der Waals surface area contributed by atoms with E-state index in [9.17, 15) is 9.18 Å². The predicted octanol–water partition coefficient (Wildman–Crippen LogP) is 5.23. The number of nitrogens with zero attached hydrogens (tertiary/aromatic N) is 1. The number of carbonyl (C=O) groups is 1. The zero-order chi connectivity index (χ0) is 15.4. The second kappa shape index (κ2) is 5.26. The number of benzene rings is 1. The highest BCUT2D eigenvalue weighted by Gasteiger charge is 2.66. The van der Waals surface area contributed by atoms with Gasteiger partial charge >= 0.3 is 0 Å². The van der Waals surface area contributed by atoms with Gasteiger partial charge in [-0.25, -0.2) is 4.39 Å². The summed E-state index contributed by atoms with van der Waals surface area (Å²) in [4.78, 5) is 12.7. The third kappa shape index (κ3) is 2.30. The van der Waals surface area contributed by atoms with Gasteiger partial charge in [0.25, 0.3) is 5.91 Å². The number of fused-ring (bicyclic) bond motifs is 1. The maximum absolute atomic E-state index is 14.2. The molecule has 3 rings (SSSR count). The average molecular weight is 416 g/mol. The Morgan fingerprint density at radius 3 is 2.62 bits per heavy atom. The SMILES string of the molecule is O=C1N(c2ccc(Br)cc2F)C(Cl)(Cl)C2CCCCC12Cl. The number of anilines is 1. The van der Waals surface area contributed by atoms with E-state index >= 15 is 0 Å². The lowest BCUT2D eigenvalue weighted by molar-refractivity contribution is -0.120. The Balaban J connectivity index is 2.12. The summed E-state index contributed by atoms with van der Waals surface area (Å²) in [6.07, 6.45) is 2.90. The quantitative estimate of drug-likeness (QED) is 0.454. The van der Waals surface area contributed by atoms with E-state index in [1.54, 1.807) is 6.07 Å². The molecule has 1 saturated heterocycles. The van der Waals surface area contributed by atoms with Crippen LogP contribution >= 0.6 is 50.7 Å². The van der Waals surface area contributed by atoms with Crippen molar-refractivity contribution in [3.05, 3.63) is 28.5 Å². The molecule has 2 nitrogen and oxygen atoms in total. The number of alkyl halides is 3. The maximum Gasteiger partial charge on any atom is 0.251 e. The molecule has 2 fully saturated rings. The summed E-state index contributed by atoms with van der Waals surface area (Å²) in [5.41, 5.74) is 0.0580. The third-order valence-corrected chi connectivity index (χ3v) is 6.23. The van der Waals surface area contributed by atoms with Gasteiger partial charge in [0.1, 0.15) is 10.7 Å². The highest BCUT2D eigenvalue weighted by molar-refractivity contribution is 9.10. The smallest absolute Gasteiger partial charge is 0.251 e. The number of hydrogen-bond donors (Lipinski definition) is 0. The number of hydrogen-bond acceptors (Lipinski definition) is 1. The van der Waals surface area contributed by atoms with E-state index in [1.165, 1.54) is 12.1 Å². The van der Waals surface area contributed by atoms with Crippen molar-refractivity contribution in [3.63, 3.8) is 0 Å². The zero-order valence-electron chi connectivity index (χ0n) is 10.9. The summed E-state index contributed by atoms with van der Waals surface area (Å²) in [5.74, 6) is -1.40. The molecule has 2 aliphatic rings. The molecule has 1 amide bonds. The van der Waals surface area contributed by atoms with Gasteiger partial charge in [-0.2, -0.15) is 0 Å². The molecule has 0 radical (unpaired) electrons. The maximum atomic E-state index is 14.2. The molecule has 114 valence electrons. The van der Waals surface area contributed by atoms with Crippen LogP contribution in [0.15, 0.2) is 22.7 Å². The van der Waals surface area contributed by atoms with E-state index in [-0.39, 0.29) is 5.69 Å². The van der Waals surface area contributed by atoms with Crippen LogP contribution in [0.2, 0.25) is 0 Å². The standard InChI is InChI=1S/C14H12BrCl3FNO/c15-8-4-5-10(9(19)7-8)20-12(21)13(16)6-2-1-3-11(13)14(20,17)18/h4-5,7,11H,1-3,6H2. The zero-order valence-corrected chi connectivity index (χ0v) is 14.7. The molecule has 0 N–H and O–H groups in total. The monoisotopic (exact) mass is 413 g/mol. The number of carbonyl (C=O) groups excluding carboxylic acids is 1. The Morgan fingerprint density at radius 2 is 2.00 bits per heavy atom. The van der Waals surface area contributed by atoms with Gasteiger partial charge in [-0.3, -0.25) is 9.69 Å². The number of rotatable bonds is 1. The van der Waals surface area contributed by atoms with Crippen LogP contribution in [0.25, 0.3) is 0 Å². The highest BCUT2D eigenvalue weighted by Crippen LogP contribution is 2.58. The van der Waals surface area contributed by atoms with E-state index in [2.05, 4.69) is 15.9 Å². The van der Waals surface area contributed by atoms with Crippen LogP contribution < -0.4 is 4.90 Å². The Morgan fingerprint density at radius 1 is 1.29 bits per heavy atom. The summed E-state index contributed by atoms with van der Waals surface area (Å²) in [6, 6.07) is 4.39. The van der Waals surface area contributed by atoms with Crippen LogP contribution in [-0.4, -0.2) is 15.2 Å². The second-order valence-corrected chi connectivity index (χ2v) is 8.42. The van der Waals surface area contributed by atoms with Gasteiger partial charge in [0.2, 0.25) is 4.46 Å². The van der Waals surface area contributed by atoms with Crippen LogP contribution in [0.4, 0.5) is 10.1 Å². The van der Waals surface area contributed by atoms with Gasteiger partial charge in [0.05, 0.1) is 5.69 Å². The Bertz CT molecular complexity index is 612. The normalized spacial score (nSPS) is 31.4. The minimum Gasteiger partial charge on any atom is -0.275 e. The van der Waals surface area contributed by atoms with E-state index in [4.69, 9.17) is 34.8 Å². The summed E-state index contributed by atoms with van der Waals surface area (Å²) in [6.45, 7) is 0. The predicted molar refractivity (Wildman–Crippen MR) is 86.6 cm³/mol. The van der Waals surface area contributed by atoms with Gasteiger partial charge in [0.15, 0.2) is 0 Å². The first-order valence-electron chi connectivity index (χ1n) is 6.65. The topological polar surface area (TPSA) is 20.3 Å². The Hall–Kier alpha value is -0.0300. The van der Waals surface area contributed by atoms with Crippen molar-refractivity contribution in [2.45, 2.75) is 35.0 Å². The molecule has 2 unspecified atom stereocenters. The van der Waals surface area contributed by atoms with Gasteiger partial charge in [-0.15, -0.1) is 11.6 Å². The fourth-order valence-electron chi connectivity index (χ4n) is 3.25. The molecule has 7 heteroatoms. The lowest BCUT2D eigenvalue weighted by atomic mass is 9.80. The van der Waals surface area contributed by atoms with Crippen LogP contribution in [0.3, 0.4) is 0 Å². The van der Waals surface area contributed by atoms with Crippen LogP contribution in [-0.2, 0) is 4.79 Å². The van der Waals surface area contributed by atoms with E-state index in [0.29, 0.717) is 17.3 Å².